The summed E-state index contributed by atoms with van der Waals surface area (Å²) in [6.45, 7) is 3.34. The molecule has 0 aromatic carbocycles. The van der Waals surface area contributed by atoms with Crippen molar-refractivity contribution < 1.29 is 4.79 Å². The lowest BCUT2D eigenvalue weighted by Crippen LogP contribution is -2.30. The average molecular weight is 253 g/mol. The van der Waals surface area contributed by atoms with E-state index in [9.17, 15) is 9.59 Å². The van der Waals surface area contributed by atoms with Crippen LogP contribution in [0.25, 0.3) is 0 Å². The monoisotopic (exact) mass is 253 g/mol. The van der Waals surface area contributed by atoms with Crippen molar-refractivity contribution >= 4 is 17.7 Å². The van der Waals surface area contributed by atoms with Crippen molar-refractivity contribution in [1.29, 1.82) is 0 Å². The number of likely N-dealkylation sites (tertiary alicyclic amines) is 1. The summed E-state index contributed by atoms with van der Waals surface area (Å²) in [5.41, 5.74) is 0.745. The van der Waals surface area contributed by atoms with Crippen molar-refractivity contribution in [2.24, 2.45) is 0 Å². The van der Waals surface area contributed by atoms with Gasteiger partial charge in [-0.15, -0.1) is 11.8 Å². The van der Waals surface area contributed by atoms with E-state index in [1.54, 1.807) is 6.92 Å². The van der Waals surface area contributed by atoms with E-state index in [1.165, 1.54) is 11.8 Å². The topological polar surface area (TPSA) is 66.1 Å². The zero-order valence-corrected chi connectivity index (χ0v) is 10.8. The summed E-state index contributed by atoms with van der Waals surface area (Å²) in [4.78, 5) is 31.8. The maximum atomic E-state index is 12.3. The first-order valence-corrected chi connectivity index (χ1v) is 6.80. The highest BCUT2D eigenvalue weighted by atomic mass is 32.2. The normalized spacial score (nSPS) is 15.3. The number of carbonyl (C=O) groups is 1. The molecule has 1 N–H and O–H groups in total. The summed E-state index contributed by atoms with van der Waals surface area (Å²) in [5.74, 6) is -0.0203. The van der Waals surface area contributed by atoms with Crippen molar-refractivity contribution in [1.82, 2.24) is 14.9 Å². The third-order valence-corrected chi connectivity index (χ3v) is 3.57. The number of thioether (sulfide) groups is 1. The number of rotatable bonds is 2. The third kappa shape index (κ3) is 2.36. The molecule has 0 atom stereocenters. The van der Waals surface area contributed by atoms with E-state index in [2.05, 4.69) is 9.97 Å². The van der Waals surface area contributed by atoms with Gasteiger partial charge < -0.3 is 9.88 Å². The fourth-order valence-electron chi connectivity index (χ4n) is 2.04. The molecule has 0 saturated carbocycles. The highest BCUT2D eigenvalue weighted by Gasteiger charge is 2.24. The van der Waals surface area contributed by atoms with Crippen molar-refractivity contribution in [3.8, 4) is 0 Å². The highest BCUT2D eigenvalue weighted by Crippen LogP contribution is 2.21. The Kier molecular flexibility index (Phi) is 3.51. The molecule has 1 aromatic rings. The second kappa shape index (κ2) is 4.91. The van der Waals surface area contributed by atoms with Gasteiger partial charge in [0.25, 0.3) is 5.91 Å². The molecule has 1 aromatic heterocycles. The number of H-pyrrole nitrogens is 1. The molecule has 5 nitrogen and oxygen atoms in total. The number of amides is 1. The molecule has 0 unspecified atom stereocenters. The second-order valence-electron chi connectivity index (χ2n) is 4.05. The van der Waals surface area contributed by atoms with E-state index in [4.69, 9.17) is 0 Å². The third-order valence-electron chi connectivity index (χ3n) is 2.89. The molecular formula is C11H15N3O2S. The number of nitrogens with one attached hydrogen (secondary N) is 1. The maximum Gasteiger partial charge on any atom is 0.346 e. The van der Waals surface area contributed by atoms with Crippen molar-refractivity contribution in [2.75, 3.05) is 19.3 Å². The smallest absolute Gasteiger partial charge is 0.339 e. The Morgan fingerprint density at radius 1 is 1.41 bits per heavy atom. The van der Waals surface area contributed by atoms with Crippen LogP contribution in [-0.2, 0) is 0 Å². The summed E-state index contributed by atoms with van der Waals surface area (Å²) >= 11 is 1.33. The molecule has 17 heavy (non-hydrogen) atoms. The molecule has 0 spiro atoms. The first kappa shape index (κ1) is 12.2. The van der Waals surface area contributed by atoms with Crippen LogP contribution in [0.3, 0.4) is 0 Å². The SMILES string of the molecule is CSc1nc(=O)[nH]c(C)c1C(=O)N1CCCC1. The molecular weight excluding hydrogens is 238 g/mol. The van der Waals surface area contributed by atoms with Crippen LogP contribution in [0, 0.1) is 6.92 Å². The van der Waals surface area contributed by atoms with Gasteiger partial charge in [-0.2, -0.15) is 4.98 Å². The van der Waals surface area contributed by atoms with E-state index in [1.807, 2.05) is 11.2 Å². The molecule has 2 heterocycles. The fourth-order valence-corrected chi connectivity index (χ4v) is 2.66. The number of hydrogen-bond acceptors (Lipinski definition) is 4. The quantitative estimate of drug-likeness (QED) is 0.631. The van der Waals surface area contributed by atoms with Gasteiger partial charge in [0.2, 0.25) is 0 Å². The molecule has 6 heteroatoms. The molecule has 1 aliphatic rings. The van der Waals surface area contributed by atoms with Crippen LogP contribution >= 0.6 is 11.8 Å². The lowest BCUT2D eigenvalue weighted by molar-refractivity contribution is 0.0787. The zero-order chi connectivity index (χ0) is 12.4. The lowest BCUT2D eigenvalue weighted by Gasteiger charge is -2.17. The standard InChI is InChI=1S/C11H15N3O2S/c1-7-8(9(17-2)13-11(16)12-7)10(15)14-5-3-4-6-14/h3-6H2,1-2H3,(H,12,13,16). The van der Waals surface area contributed by atoms with Crippen LogP contribution in [-0.4, -0.2) is 40.1 Å². The van der Waals surface area contributed by atoms with Crippen molar-refractivity contribution in [3.63, 3.8) is 0 Å². The highest BCUT2D eigenvalue weighted by molar-refractivity contribution is 7.98. The molecule has 2 rings (SSSR count). The lowest BCUT2D eigenvalue weighted by atomic mass is 10.2. The van der Waals surface area contributed by atoms with E-state index < -0.39 is 5.69 Å². The average Bonchev–Trinajstić information content (AvgIpc) is 2.80. The van der Waals surface area contributed by atoms with E-state index >= 15 is 0 Å². The molecule has 0 bridgehead atoms. The van der Waals surface area contributed by atoms with Crippen LogP contribution in [0.1, 0.15) is 28.9 Å². The van der Waals surface area contributed by atoms with E-state index in [0.29, 0.717) is 16.3 Å². The predicted octanol–water partition coefficient (Wildman–Crippen LogP) is 1.04. The first-order valence-electron chi connectivity index (χ1n) is 5.57. The summed E-state index contributed by atoms with van der Waals surface area (Å²) in [6, 6.07) is 0. The largest absolute Gasteiger partial charge is 0.346 e. The molecule has 0 aliphatic carbocycles. The summed E-state index contributed by atoms with van der Waals surface area (Å²) in [7, 11) is 0. The second-order valence-corrected chi connectivity index (χ2v) is 4.85. The van der Waals surface area contributed by atoms with Crippen LogP contribution in [0.4, 0.5) is 0 Å². The van der Waals surface area contributed by atoms with E-state index in [0.717, 1.165) is 25.9 Å². The minimum Gasteiger partial charge on any atom is -0.339 e. The number of aryl methyl sites for hydroxylation is 1. The molecule has 1 amide bonds. The Hall–Kier alpha value is -1.30. The van der Waals surface area contributed by atoms with Gasteiger partial charge in [0.05, 0.1) is 5.56 Å². The molecule has 92 valence electrons. The van der Waals surface area contributed by atoms with Gasteiger partial charge in [-0.1, -0.05) is 0 Å². The Morgan fingerprint density at radius 2 is 2.06 bits per heavy atom. The van der Waals surface area contributed by atoms with Gasteiger partial charge in [0.15, 0.2) is 0 Å². The number of nitrogens with zero attached hydrogens (tertiary/aromatic N) is 2. The number of carbonyl (C=O) groups excluding carboxylic acids is 1. The molecule has 1 saturated heterocycles. The van der Waals surface area contributed by atoms with E-state index in [-0.39, 0.29) is 5.91 Å². The van der Waals surface area contributed by atoms with Gasteiger partial charge in [-0.05, 0) is 26.0 Å². The Labute approximate surface area is 104 Å². The van der Waals surface area contributed by atoms with Crippen molar-refractivity contribution in [2.45, 2.75) is 24.8 Å². The maximum absolute atomic E-state index is 12.3. The number of aromatic amines is 1. The van der Waals surface area contributed by atoms with Gasteiger partial charge in [-0.25, -0.2) is 4.79 Å². The summed E-state index contributed by atoms with van der Waals surface area (Å²) in [6.07, 6.45) is 3.92. The van der Waals surface area contributed by atoms with Gasteiger partial charge in [0.1, 0.15) is 5.03 Å². The number of hydrogen-bond donors (Lipinski definition) is 1. The molecule has 1 fully saturated rings. The van der Waals surface area contributed by atoms with Gasteiger partial charge in [0, 0.05) is 18.8 Å². The fraction of sp³-hybridized carbons (Fsp3) is 0.545. The number of aromatic nitrogens is 2. The minimum absolute atomic E-state index is 0.0203. The molecule has 1 aliphatic heterocycles. The van der Waals surface area contributed by atoms with Gasteiger partial charge in [-0.3, -0.25) is 4.79 Å². The minimum atomic E-state index is -0.398. The van der Waals surface area contributed by atoms with Crippen LogP contribution < -0.4 is 5.69 Å². The first-order chi connectivity index (χ1) is 8.13. The molecule has 0 radical (unpaired) electrons. The van der Waals surface area contributed by atoms with Crippen LogP contribution in [0.15, 0.2) is 9.82 Å². The predicted molar refractivity (Wildman–Crippen MR) is 66.5 cm³/mol. The Morgan fingerprint density at radius 3 is 2.65 bits per heavy atom. The van der Waals surface area contributed by atoms with Gasteiger partial charge >= 0.3 is 5.69 Å². The zero-order valence-electron chi connectivity index (χ0n) is 9.95. The van der Waals surface area contributed by atoms with Crippen LogP contribution in [0.5, 0.6) is 0 Å². The summed E-state index contributed by atoms with van der Waals surface area (Å²) < 4.78 is 0. The van der Waals surface area contributed by atoms with Crippen molar-refractivity contribution in [3.05, 3.63) is 21.7 Å². The Bertz CT molecular complexity index is 492. The summed E-state index contributed by atoms with van der Waals surface area (Å²) in [5, 5.41) is 0.517. The Balaban J connectivity index is 2.43. The van der Waals surface area contributed by atoms with Crippen LogP contribution in [0.2, 0.25) is 0 Å².